The lowest BCUT2D eigenvalue weighted by Gasteiger charge is -2.39. The number of methoxy groups -OCH3 is 1. The van der Waals surface area contributed by atoms with Gasteiger partial charge in [-0.2, -0.15) is 20.4 Å². The Labute approximate surface area is 283 Å². The molecule has 49 heavy (non-hydrogen) atoms. The van der Waals surface area contributed by atoms with E-state index in [9.17, 15) is 18.4 Å². The number of ketones is 2. The van der Waals surface area contributed by atoms with Gasteiger partial charge in [-0.1, -0.05) is 12.5 Å². The zero-order valence-corrected chi connectivity index (χ0v) is 27.4. The van der Waals surface area contributed by atoms with Gasteiger partial charge < -0.3 is 14.4 Å². The number of nitrogens with zero attached hydrogens (tertiary/aromatic N) is 7. The van der Waals surface area contributed by atoms with Crippen LogP contribution in [0.2, 0.25) is 0 Å². The summed E-state index contributed by atoms with van der Waals surface area (Å²) in [6.07, 6.45) is 6.07. The second-order valence-corrected chi connectivity index (χ2v) is 12.8. The maximum Gasteiger partial charge on any atom is 0.282 e. The van der Waals surface area contributed by atoms with Gasteiger partial charge in [-0.05, 0) is 67.8 Å². The van der Waals surface area contributed by atoms with Crippen molar-refractivity contribution in [2.45, 2.75) is 69.1 Å². The highest BCUT2D eigenvalue weighted by atomic mass is 19.3. The number of rotatable bonds is 15. The van der Waals surface area contributed by atoms with Crippen LogP contribution in [0.3, 0.4) is 0 Å². The molecular weight excluding hydrogens is 632 g/mol. The molecule has 0 aromatic carbocycles. The molecular formula is C36H39F2N7O4. The van der Waals surface area contributed by atoms with Crippen LogP contribution in [-0.4, -0.2) is 81.3 Å². The van der Waals surface area contributed by atoms with Gasteiger partial charge in [0.05, 0.1) is 67.2 Å². The largest absolute Gasteiger partial charge is 0.490 e. The van der Waals surface area contributed by atoms with Gasteiger partial charge in [0.1, 0.15) is 29.7 Å². The molecule has 1 aliphatic carbocycles. The van der Waals surface area contributed by atoms with Gasteiger partial charge in [-0.25, -0.2) is 13.8 Å². The van der Waals surface area contributed by atoms with Crippen LogP contribution in [0.5, 0.6) is 5.75 Å². The summed E-state index contributed by atoms with van der Waals surface area (Å²) in [5.41, 5.74) is 4.21. The molecule has 0 unspecified atom stereocenters. The first-order valence-electron chi connectivity index (χ1n) is 16.6. The molecule has 6 rings (SSSR count). The fourth-order valence-electron chi connectivity index (χ4n) is 6.28. The molecule has 2 atom stereocenters. The molecule has 0 radical (unpaired) electrons. The third-order valence-electron chi connectivity index (χ3n) is 8.82. The molecule has 11 nitrogen and oxygen atoms in total. The van der Waals surface area contributed by atoms with Crippen LogP contribution in [0.1, 0.15) is 71.7 Å². The summed E-state index contributed by atoms with van der Waals surface area (Å²) in [7, 11) is 1.61. The molecule has 0 bridgehead atoms. The van der Waals surface area contributed by atoms with Crippen molar-refractivity contribution in [3.63, 3.8) is 0 Å². The van der Waals surface area contributed by atoms with E-state index in [1.165, 1.54) is 4.90 Å². The van der Waals surface area contributed by atoms with Crippen molar-refractivity contribution in [2.75, 3.05) is 38.3 Å². The lowest BCUT2D eigenvalue weighted by atomic mass is 9.78. The number of hydrogen-bond donors (Lipinski definition) is 0. The molecule has 1 saturated heterocycles. The van der Waals surface area contributed by atoms with Crippen molar-refractivity contribution in [3.8, 4) is 5.75 Å². The summed E-state index contributed by atoms with van der Waals surface area (Å²) in [5, 5.41) is 17.7. The quantitative estimate of drug-likeness (QED) is 0.163. The van der Waals surface area contributed by atoms with Crippen LogP contribution in [0.25, 0.3) is 0 Å². The number of carbonyl (C=O) groups excluding carboxylic acids is 2. The first-order valence-corrected chi connectivity index (χ1v) is 16.6. The Kier molecular flexibility index (Phi) is 10.9. The highest BCUT2D eigenvalue weighted by Gasteiger charge is 2.44. The predicted octanol–water partition coefficient (Wildman–Crippen LogP) is 4.69. The zero-order valence-electron chi connectivity index (χ0n) is 27.4. The molecule has 1 saturated carbocycles. The molecule has 0 spiro atoms. The van der Waals surface area contributed by atoms with Gasteiger partial charge in [0.25, 0.3) is 5.92 Å². The van der Waals surface area contributed by atoms with E-state index in [1.807, 2.05) is 24.3 Å². The van der Waals surface area contributed by atoms with Crippen LogP contribution in [0, 0.1) is 0 Å². The summed E-state index contributed by atoms with van der Waals surface area (Å²) in [6.45, 7) is 0.214. The minimum absolute atomic E-state index is 0.00627. The number of carbonyl (C=O) groups is 2. The van der Waals surface area contributed by atoms with Crippen molar-refractivity contribution in [2.24, 2.45) is 0 Å². The third-order valence-corrected chi connectivity index (χ3v) is 8.82. The van der Waals surface area contributed by atoms with E-state index in [-0.39, 0.29) is 62.2 Å². The van der Waals surface area contributed by atoms with Crippen molar-refractivity contribution >= 4 is 17.4 Å². The standard InChI is InChI=1S/C36H39F2N7O4/c1-48-14-15-49-32-11-8-26(39-21-32)17-30(46)19-28-9-12-33(43-41-28)24-4-2-5-25(16-24)34-13-10-29(42-44-34)20-31(47)18-27-6-3-7-35(40-27)45-22-36(37,38)23-45/h3,6-13,21,24-25H,2,4-5,14-20,22-23H2,1H3/t24-,25-/m0/s1. The van der Waals surface area contributed by atoms with E-state index in [4.69, 9.17) is 9.47 Å². The summed E-state index contributed by atoms with van der Waals surface area (Å²) in [5.74, 6) is -1.23. The molecule has 5 heterocycles. The second kappa shape index (κ2) is 15.6. The molecule has 2 fully saturated rings. The maximum atomic E-state index is 13.2. The lowest BCUT2D eigenvalue weighted by Crippen LogP contribution is -2.56. The van der Waals surface area contributed by atoms with Crippen LogP contribution < -0.4 is 9.64 Å². The van der Waals surface area contributed by atoms with Crippen LogP contribution >= 0.6 is 0 Å². The van der Waals surface area contributed by atoms with Gasteiger partial charge in [0, 0.05) is 37.5 Å². The first kappa shape index (κ1) is 34.1. The Balaban J connectivity index is 0.966. The van der Waals surface area contributed by atoms with E-state index in [2.05, 4.69) is 30.4 Å². The Morgan fingerprint density at radius 2 is 1.39 bits per heavy atom. The Morgan fingerprint density at radius 1 is 0.776 bits per heavy atom. The lowest BCUT2D eigenvalue weighted by molar-refractivity contribution is -0.118. The number of pyridine rings is 2. The smallest absolute Gasteiger partial charge is 0.282 e. The van der Waals surface area contributed by atoms with Crippen molar-refractivity contribution in [1.29, 1.82) is 0 Å². The van der Waals surface area contributed by atoms with Gasteiger partial charge in [-0.15, -0.1) is 0 Å². The third kappa shape index (κ3) is 9.44. The van der Waals surface area contributed by atoms with Crippen LogP contribution in [0.4, 0.5) is 14.6 Å². The molecule has 1 aliphatic heterocycles. The minimum atomic E-state index is -2.69. The Bertz CT molecular complexity index is 1720. The Hall–Kier alpha value is -4.78. The fourth-order valence-corrected chi connectivity index (χ4v) is 6.28. The van der Waals surface area contributed by atoms with Crippen molar-refractivity contribution < 1.29 is 27.8 Å². The summed E-state index contributed by atoms with van der Waals surface area (Å²) in [4.78, 5) is 35.7. The van der Waals surface area contributed by atoms with E-state index >= 15 is 0 Å². The highest BCUT2D eigenvalue weighted by molar-refractivity contribution is 5.82. The van der Waals surface area contributed by atoms with E-state index in [0.29, 0.717) is 47.6 Å². The van der Waals surface area contributed by atoms with Gasteiger partial charge in [0.2, 0.25) is 0 Å². The number of hydrogen-bond acceptors (Lipinski definition) is 11. The number of alkyl halides is 2. The van der Waals surface area contributed by atoms with Gasteiger partial charge >= 0.3 is 0 Å². The molecule has 13 heteroatoms. The summed E-state index contributed by atoms with van der Waals surface area (Å²) >= 11 is 0. The number of anilines is 1. The molecule has 256 valence electrons. The number of aromatic nitrogens is 6. The number of halogens is 2. The van der Waals surface area contributed by atoms with Crippen LogP contribution in [-0.2, 0) is 40.0 Å². The van der Waals surface area contributed by atoms with Crippen LogP contribution in [0.15, 0.2) is 60.8 Å². The van der Waals surface area contributed by atoms with E-state index in [0.717, 1.165) is 37.1 Å². The minimum Gasteiger partial charge on any atom is -0.490 e. The zero-order chi connectivity index (χ0) is 34.2. The summed E-state index contributed by atoms with van der Waals surface area (Å²) < 4.78 is 37.0. The number of Topliss-reactive ketones (excluding diaryl/α,β-unsaturated/α-hetero) is 2. The Morgan fingerprint density at radius 3 is 1.94 bits per heavy atom. The molecule has 0 N–H and O–H groups in total. The topological polar surface area (TPSA) is 133 Å². The van der Waals surface area contributed by atoms with E-state index in [1.54, 1.807) is 43.6 Å². The first-order chi connectivity index (χ1) is 23.7. The van der Waals surface area contributed by atoms with E-state index < -0.39 is 5.92 Å². The molecule has 2 aliphatic rings. The average molecular weight is 672 g/mol. The second-order valence-electron chi connectivity index (χ2n) is 12.8. The predicted molar refractivity (Wildman–Crippen MR) is 176 cm³/mol. The van der Waals surface area contributed by atoms with Gasteiger partial charge in [0.15, 0.2) is 0 Å². The monoisotopic (exact) mass is 671 g/mol. The molecule has 4 aromatic rings. The maximum absolute atomic E-state index is 13.2. The average Bonchev–Trinajstić information content (AvgIpc) is 3.09. The fraction of sp³-hybridized carbons (Fsp3) is 0.444. The van der Waals surface area contributed by atoms with Crippen molar-refractivity contribution in [1.82, 2.24) is 30.4 Å². The van der Waals surface area contributed by atoms with Crippen molar-refractivity contribution in [3.05, 3.63) is 95.0 Å². The normalized spacial score (nSPS) is 18.5. The highest BCUT2D eigenvalue weighted by Crippen LogP contribution is 2.40. The molecule has 4 aromatic heterocycles. The van der Waals surface area contributed by atoms with Gasteiger partial charge in [-0.3, -0.25) is 14.6 Å². The molecule has 0 amide bonds. The number of ether oxygens (including phenoxy) is 2. The summed E-state index contributed by atoms with van der Waals surface area (Å²) in [6, 6.07) is 16.4. The SMILES string of the molecule is COCCOc1ccc(CC(=O)Cc2ccc([C@H]3CCC[C@H](c4ccc(CC(=O)Cc5cccc(N6CC(F)(F)C6)n5)nn4)C3)nn2)nc1.